The van der Waals surface area contributed by atoms with Gasteiger partial charge in [-0.05, 0) is 66.9 Å². The highest BCUT2D eigenvalue weighted by molar-refractivity contribution is 5.87. The Balaban J connectivity index is 1.68. The molecule has 35 heavy (non-hydrogen) atoms. The number of carbonyl (C=O) groups is 1. The molecular formula is C27H28F4N2O2. The number of hydrogen-bond acceptors (Lipinski definition) is 3. The molecule has 3 aromatic rings. The van der Waals surface area contributed by atoms with E-state index < -0.39 is 23.5 Å². The summed E-state index contributed by atoms with van der Waals surface area (Å²) >= 11 is 0. The van der Waals surface area contributed by atoms with Crippen LogP contribution < -0.4 is 5.32 Å². The minimum Gasteiger partial charge on any atom is -0.478 e. The monoisotopic (exact) mass is 488 g/mol. The molecule has 0 aromatic heterocycles. The van der Waals surface area contributed by atoms with Crippen LogP contribution in [-0.4, -0.2) is 29.1 Å². The van der Waals surface area contributed by atoms with Gasteiger partial charge in [0.2, 0.25) is 0 Å². The van der Waals surface area contributed by atoms with E-state index in [1.54, 1.807) is 12.1 Å². The number of benzene rings is 3. The lowest BCUT2D eigenvalue weighted by atomic mass is 10.1. The standard InChI is InChI=1S/C27H28F4N2O2/c1-19-3-5-20(6-4-19)16-32-13-2-14-33(17-21-7-9-22(10-8-21)26(34)35)18-23-15-24(28)11-12-25(23)27(29,30)31/h3-12,15,32H,2,13-14,16-18H2,1H3,(H,34,35). The van der Waals surface area contributed by atoms with Crippen LogP contribution in [0.2, 0.25) is 0 Å². The number of nitrogens with one attached hydrogen (secondary N) is 1. The molecule has 0 aliphatic heterocycles. The second-order valence-electron chi connectivity index (χ2n) is 8.53. The van der Waals surface area contributed by atoms with Crippen LogP contribution in [0.25, 0.3) is 0 Å². The summed E-state index contributed by atoms with van der Waals surface area (Å²) in [7, 11) is 0. The van der Waals surface area contributed by atoms with Gasteiger partial charge in [-0.2, -0.15) is 13.2 Å². The molecule has 4 nitrogen and oxygen atoms in total. The molecular weight excluding hydrogens is 460 g/mol. The van der Waals surface area contributed by atoms with Gasteiger partial charge in [-0.25, -0.2) is 9.18 Å². The largest absolute Gasteiger partial charge is 0.478 e. The van der Waals surface area contributed by atoms with E-state index in [9.17, 15) is 22.4 Å². The number of alkyl halides is 3. The van der Waals surface area contributed by atoms with Crippen molar-refractivity contribution in [3.63, 3.8) is 0 Å². The molecule has 0 saturated carbocycles. The molecule has 186 valence electrons. The topological polar surface area (TPSA) is 52.6 Å². The average molecular weight is 489 g/mol. The third-order valence-electron chi connectivity index (χ3n) is 5.65. The van der Waals surface area contributed by atoms with E-state index in [4.69, 9.17) is 5.11 Å². The van der Waals surface area contributed by atoms with Gasteiger partial charge in [0.1, 0.15) is 5.82 Å². The van der Waals surface area contributed by atoms with Crippen molar-refractivity contribution in [2.75, 3.05) is 13.1 Å². The van der Waals surface area contributed by atoms with Crippen molar-refractivity contribution in [1.82, 2.24) is 10.2 Å². The third-order valence-corrected chi connectivity index (χ3v) is 5.65. The van der Waals surface area contributed by atoms with Crippen LogP contribution in [-0.2, 0) is 25.8 Å². The molecule has 3 aromatic carbocycles. The molecule has 8 heteroatoms. The zero-order valence-electron chi connectivity index (χ0n) is 19.4. The Hall–Kier alpha value is -3.23. The molecule has 0 bridgehead atoms. The van der Waals surface area contributed by atoms with E-state index in [1.807, 2.05) is 36.1 Å². The summed E-state index contributed by atoms with van der Waals surface area (Å²) in [6.45, 7) is 4.02. The number of aromatic carboxylic acids is 1. The highest BCUT2D eigenvalue weighted by Gasteiger charge is 2.33. The predicted molar refractivity (Wildman–Crippen MR) is 126 cm³/mol. The first kappa shape index (κ1) is 26.4. The lowest BCUT2D eigenvalue weighted by Gasteiger charge is -2.25. The molecule has 2 N–H and O–H groups in total. The van der Waals surface area contributed by atoms with Crippen LogP contribution in [0.15, 0.2) is 66.7 Å². The Labute approximate surface area is 202 Å². The van der Waals surface area contributed by atoms with Crippen LogP contribution in [0.5, 0.6) is 0 Å². The fourth-order valence-electron chi connectivity index (χ4n) is 3.80. The number of aryl methyl sites for hydroxylation is 1. The predicted octanol–water partition coefficient (Wildman–Crippen LogP) is 6.03. The van der Waals surface area contributed by atoms with E-state index in [0.29, 0.717) is 32.6 Å². The van der Waals surface area contributed by atoms with Gasteiger partial charge in [0, 0.05) is 26.2 Å². The molecule has 0 aliphatic rings. The normalized spacial score (nSPS) is 11.7. The first-order chi connectivity index (χ1) is 16.6. The highest BCUT2D eigenvalue weighted by atomic mass is 19.4. The van der Waals surface area contributed by atoms with E-state index in [1.165, 1.54) is 17.7 Å². The maximum Gasteiger partial charge on any atom is 0.416 e. The van der Waals surface area contributed by atoms with E-state index in [2.05, 4.69) is 5.32 Å². The summed E-state index contributed by atoms with van der Waals surface area (Å²) in [5.74, 6) is -1.78. The molecule has 0 radical (unpaired) electrons. The van der Waals surface area contributed by atoms with Gasteiger partial charge < -0.3 is 10.4 Å². The lowest BCUT2D eigenvalue weighted by molar-refractivity contribution is -0.138. The summed E-state index contributed by atoms with van der Waals surface area (Å²) in [5.41, 5.74) is 2.21. The second kappa shape index (κ2) is 12.0. The highest BCUT2D eigenvalue weighted by Crippen LogP contribution is 2.33. The van der Waals surface area contributed by atoms with Crippen molar-refractivity contribution in [2.45, 2.75) is 39.2 Å². The van der Waals surface area contributed by atoms with Crippen molar-refractivity contribution >= 4 is 5.97 Å². The molecule has 0 atom stereocenters. The van der Waals surface area contributed by atoms with Gasteiger partial charge in [-0.15, -0.1) is 0 Å². The lowest BCUT2D eigenvalue weighted by Crippen LogP contribution is -2.28. The Morgan fingerprint density at radius 3 is 2.23 bits per heavy atom. The maximum absolute atomic E-state index is 13.8. The third kappa shape index (κ3) is 8.19. The van der Waals surface area contributed by atoms with E-state index in [-0.39, 0.29) is 17.7 Å². The molecule has 0 saturated heterocycles. The average Bonchev–Trinajstić information content (AvgIpc) is 2.79. The molecule has 0 fully saturated rings. The molecule has 3 rings (SSSR count). The summed E-state index contributed by atoms with van der Waals surface area (Å²) < 4.78 is 54.3. The second-order valence-corrected chi connectivity index (χ2v) is 8.53. The SMILES string of the molecule is Cc1ccc(CNCCCN(Cc2ccc(C(=O)O)cc2)Cc2cc(F)ccc2C(F)(F)F)cc1. The number of carboxylic acids is 1. The number of nitrogens with zero attached hydrogens (tertiary/aromatic N) is 1. The van der Waals surface area contributed by atoms with Gasteiger partial charge in [0.25, 0.3) is 0 Å². The maximum atomic E-state index is 13.8. The first-order valence-electron chi connectivity index (χ1n) is 11.3. The summed E-state index contributed by atoms with van der Waals surface area (Å²) in [4.78, 5) is 12.9. The van der Waals surface area contributed by atoms with Crippen molar-refractivity contribution < 1.29 is 27.5 Å². The van der Waals surface area contributed by atoms with Crippen LogP contribution in [0.1, 0.15) is 44.6 Å². The smallest absolute Gasteiger partial charge is 0.416 e. The Kier molecular flexibility index (Phi) is 9.01. The quantitative estimate of drug-likeness (QED) is 0.256. The Morgan fingerprint density at radius 1 is 0.943 bits per heavy atom. The molecule has 0 spiro atoms. The van der Waals surface area contributed by atoms with E-state index in [0.717, 1.165) is 29.3 Å². The van der Waals surface area contributed by atoms with Crippen molar-refractivity contribution in [1.29, 1.82) is 0 Å². The summed E-state index contributed by atoms with van der Waals surface area (Å²) in [5, 5.41) is 12.4. The molecule has 0 aliphatic carbocycles. The summed E-state index contributed by atoms with van der Waals surface area (Å²) in [6.07, 6.45) is -3.93. The molecule has 0 unspecified atom stereocenters. The number of halogens is 4. The minimum atomic E-state index is -4.59. The zero-order chi connectivity index (χ0) is 25.4. The Bertz CT molecular complexity index is 1110. The number of rotatable bonds is 11. The first-order valence-corrected chi connectivity index (χ1v) is 11.3. The van der Waals surface area contributed by atoms with Gasteiger partial charge in [0.05, 0.1) is 11.1 Å². The molecule has 0 amide bonds. The van der Waals surface area contributed by atoms with Crippen LogP contribution in [0, 0.1) is 12.7 Å². The fourth-order valence-corrected chi connectivity index (χ4v) is 3.80. The van der Waals surface area contributed by atoms with E-state index >= 15 is 0 Å². The number of carboxylic acid groups (broad SMARTS) is 1. The summed E-state index contributed by atoms with van der Waals surface area (Å²) in [6, 6.07) is 16.9. The van der Waals surface area contributed by atoms with Gasteiger partial charge in [0.15, 0.2) is 0 Å². The van der Waals surface area contributed by atoms with Crippen molar-refractivity contribution in [3.05, 3.63) is 106 Å². The van der Waals surface area contributed by atoms with Crippen LogP contribution >= 0.6 is 0 Å². The van der Waals surface area contributed by atoms with Crippen LogP contribution in [0.4, 0.5) is 17.6 Å². The molecule has 0 heterocycles. The minimum absolute atomic E-state index is 0.0920. The van der Waals surface area contributed by atoms with Gasteiger partial charge in [-0.1, -0.05) is 42.0 Å². The van der Waals surface area contributed by atoms with Crippen molar-refractivity contribution in [2.24, 2.45) is 0 Å². The van der Waals surface area contributed by atoms with Gasteiger partial charge in [-0.3, -0.25) is 4.90 Å². The number of hydrogen-bond donors (Lipinski definition) is 2. The Morgan fingerprint density at radius 2 is 1.60 bits per heavy atom. The van der Waals surface area contributed by atoms with Crippen molar-refractivity contribution in [3.8, 4) is 0 Å². The van der Waals surface area contributed by atoms with Crippen LogP contribution in [0.3, 0.4) is 0 Å². The fraction of sp³-hybridized carbons (Fsp3) is 0.296. The van der Waals surface area contributed by atoms with Gasteiger partial charge >= 0.3 is 12.1 Å². The zero-order valence-corrected chi connectivity index (χ0v) is 19.4.